The fourth-order valence-electron chi connectivity index (χ4n) is 8.39. The molecule has 0 aromatic rings. The highest BCUT2D eigenvalue weighted by Crippen LogP contribution is 2.36. The number of aliphatic hydroxyl groups excluding tert-OH is 20. The summed E-state index contributed by atoms with van der Waals surface area (Å²) in [5.74, 6) is 0. The first-order valence-electron chi connectivity index (χ1n) is 21.1. The molecule has 6 aliphatic heterocycles. The molecule has 6 aliphatic rings. The van der Waals surface area contributed by atoms with E-state index >= 15 is 0 Å². The van der Waals surface area contributed by atoms with Crippen molar-refractivity contribution in [2.45, 2.75) is 184 Å². The molecule has 31 nitrogen and oxygen atoms in total. The summed E-state index contributed by atoms with van der Waals surface area (Å²) in [5, 5.41) is 209. The molecule has 0 aromatic heterocycles. The summed E-state index contributed by atoms with van der Waals surface area (Å²) >= 11 is 0. The number of ether oxygens (including phenoxy) is 11. The highest BCUT2D eigenvalue weighted by Gasteiger charge is 2.57. The van der Waals surface area contributed by atoms with Crippen LogP contribution in [0.1, 0.15) is 0 Å². The Hall–Kier alpha value is -1.24. The smallest absolute Gasteiger partial charge is 0.187 e. The van der Waals surface area contributed by atoms with E-state index in [9.17, 15) is 102 Å². The van der Waals surface area contributed by atoms with Crippen LogP contribution in [0.4, 0.5) is 0 Å². The van der Waals surface area contributed by atoms with Crippen LogP contribution in [0.15, 0.2) is 0 Å². The van der Waals surface area contributed by atoms with Crippen LogP contribution in [-0.4, -0.2) is 326 Å². The summed E-state index contributed by atoms with van der Waals surface area (Å²) in [4.78, 5) is 0. The van der Waals surface area contributed by atoms with E-state index in [1.165, 1.54) is 0 Å². The van der Waals surface area contributed by atoms with E-state index in [1.807, 2.05) is 0 Å². The highest BCUT2D eigenvalue weighted by atomic mass is 16.8. The van der Waals surface area contributed by atoms with E-state index in [0.29, 0.717) is 0 Å². The fourth-order valence-corrected chi connectivity index (χ4v) is 8.39. The maximum Gasteiger partial charge on any atom is 0.187 e. The van der Waals surface area contributed by atoms with Gasteiger partial charge in [0.2, 0.25) is 0 Å². The molecular weight excluding hydrogens is 928 g/mol. The van der Waals surface area contributed by atoms with Crippen LogP contribution in [0.25, 0.3) is 0 Å². The first kappa shape index (κ1) is 55.1. The Kier molecular flexibility index (Phi) is 19.4. The second-order valence-corrected chi connectivity index (χ2v) is 16.8. The van der Waals surface area contributed by atoms with Crippen molar-refractivity contribution in [3.05, 3.63) is 0 Å². The number of rotatable bonds is 16. The van der Waals surface area contributed by atoms with E-state index in [1.54, 1.807) is 0 Å². The molecule has 6 heterocycles. The predicted molar refractivity (Wildman–Crippen MR) is 199 cm³/mol. The molecule has 0 bridgehead atoms. The van der Waals surface area contributed by atoms with Gasteiger partial charge in [0.25, 0.3) is 0 Å². The van der Waals surface area contributed by atoms with Crippen LogP contribution >= 0.6 is 0 Å². The van der Waals surface area contributed by atoms with E-state index in [0.717, 1.165) is 0 Å². The topological polar surface area (TPSA) is 506 Å². The lowest BCUT2D eigenvalue weighted by molar-refractivity contribution is -0.399. The molecule has 67 heavy (non-hydrogen) atoms. The molecule has 0 saturated carbocycles. The lowest BCUT2D eigenvalue weighted by atomic mass is 9.95. The summed E-state index contributed by atoms with van der Waals surface area (Å²) in [6.07, 6.45) is -57.1. The van der Waals surface area contributed by atoms with Crippen LogP contribution in [0, 0.1) is 0 Å². The Morgan fingerprint density at radius 3 is 1.13 bits per heavy atom. The van der Waals surface area contributed by atoms with Crippen LogP contribution in [0.2, 0.25) is 0 Å². The second kappa shape index (κ2) is 23.5. The van der Waals surface area contributed by atoms with Crippen LogP contribution in [0.3, 0.4) is 0 Å². The van der Waals surface area contributed by atoms with Crippen molar-refractivity contribution in [2.24, 2.45) is 0 Å². The van der Waals surface area contributed by atoms with Gasteiger partial charge < -0.3 is 154 Å². The van der Waals surface area contributed by atoms with Gasteiger partial charge in [-0.2, -0.15) is 0 Å². The van der Waals surface area contributed by atoms with Gasteiger partial charge >= 0.3 is 0 Å². The molecule has 31 heteroatoms. The lowest BCUT2D eigenvalue weighted by Crippen LogP contribution is -2.68. The zero-order valence-corrected chi connectivity index (χ0v) is 35.0. The van der Waals surface area contributed by atoms with Crippen molar-refractivity contribution in [2.75, 3.05) is 39.6 Å². The Morgan fingerprint density at radius 1 is 0.254 bits per heavy atom. The van der Waals surface area contributed by atoms with Gasteiger partial charge in [-0.1, -0.05) is 0 Å². The Morgan fingerprint density at radius 2 is 0.597 bits per heavy atom. The molecule has 0 aromatic carbocycles. The minimum Gasteiger partial charge on any atom is -0.394 e. The molecule has 30 atom stereocenters. The van der Waals surface area contributed by atoms with E-state index < -0.39 is 224 Å². The van der Waals surface area contributed by atoms with Gasteiger partial charge in [0.1, 0.15) is 146 Å². The van der Waals surface area contributed by atoms with Crippen molar-refractivity contribution >= 4 is 0 Å². The van der Waals surface area contributed by atoms with E-state index in [-0.39, 0.29) is 0 Å². The van der Waals surface area contributed by atoms with Crippen LogP contribution in [0.5, 0.6) is 0 Å². The zero-order chi connectivity index (χ0) is 49.3. The van der Waals surface area contributed by atoms with Gasteiger partial charge in [-0.15, -0.1) is 0 Å². The molecule has 392 valence electrons. The third-order valence-electron chi connectivity index (χ3n) is 12.4. The van der Waals surface area contributed by atoms with Crippen molar-refractivity contribution in [1.29, 1.82) is 0 Å². The highest BCUT2D eigenvalue weighted by molar-refractivity contribution is 4.99. The lowest BCUT2D eigenvalue weighted by Gasteiger charge is -2.50. The predicted octanol–water partition coefficient (Wildman–Crippen LogP) is -14.1. The van der Waals surface area contributed by atoms with Crippen molar-refractivity contribution in [1.82, 2.24) is 0 Å². The monoisotopic (exact) mass is 990 g/mol. The van der Waals surface area contributed by atoms with E-state index in [2.05, 4.69) is 0 Å². The Bertz CT molecular complexity index is 1500. The Balaban J connectivity index is 1.13. The molecule has 0 unspecified atom stereocenters. The van der Waals surface area contributed by atoms with Crippen molar-refractivity contribution < 1.29 is 154 Å². The number of hydrogen-bond donors (Lipinski definition) is 20. The van der Waals surface area contributed by atoms with Crippen molar-refractivity contribution in [3.8, 4) is 0 Å². The molecule has 20 N–H and O–H groups in total. The molecule has 0 spiro atoms. The first-order valence-corrected chi connectivity index (χ1v) is 21.1. The average Bonchev–Trinajstić information content (AvgIpc) is 3.32. The maximum atomic E-state index is 11.4. The maximum absolute atomic E-state index is 11.4. The SMILES string of the molecule is OC[C@H]1O[C@@H](O[C@@H]2[C@H](O)[C@@H](O)[C@@H](O[C@H]3[C@@H](O)[C@@H](CO)O[C@@H](O[C@H]4[C@H](O)[C@@H](O)[C@H](OC[C@H]5O[C@@H](O)[C@H](O)[C@@H](O)[C@@H]5O)O[C@@H]4CO)[C@@H]3O)O[C@@H]2CO)[C@H](O[C@@H]2O[C@H](CO)[C@@H](O)[C@H](O)[C@H]2O)[C@@H](O)[C@H]1O. The second-order valence-electron chi connectivity index (χ2n) is 16.8. The van der Waals surface area contributed by atoms with Crippen molar-refractivity contribution in [3.63, 3.8) is 0 Å². The molecule has 0 amide bonds. The third kappa shape index (κ3) is 11.4. The van der Waals surface area contributed by atoms with Gasteiger partial charge in [0.15, 0.2) is 37.7 Å². The van der Waals surface area contributed by atoms with Gasteiger partial charge in [-0.3, -0.25) is 0 Å². The zero-order valence-electron chi connectivity index (χ0n) is 35.0. The third-order valence-corrected chi connectivity index (χ3v) is 12.4. The molecule has 0 aliphatic carbocycles. The molecule has 6 fully saturated rings. The number of aliphatic hydroxyl groups is 20. The van der Waals surface area contributed by atoms with Crippen LogP contribution < -0.4 is 0 Å². The standard InChI is InChI=1S/C36H62O31/c37-1-7-13(42)18(47)23(52)33(59-7)67-30-19(48)14(43)8(2-38)61-36(30)65-28-11(5-41)63-34(25(54)21(28)50)66-29-16(45)9(3-39)60-35(26(29)55)64-27-10(4-40)62-32(24(53)20(27)49)57-6-12-15(44)17(46)22(51)31(56)58-12/h7-56H,1-6H2/t7-,8-,9-,10-,11-,12-,13-,14+,15-,16+,17+,18+,19+,20-,21-,22-,23-,24-,25-,26-,27-,28+,29+,30-,31-,32-,33+,34-,35+,36+/m1/s1. The van der Waals surface area contributed by atoms with Gasteiger partial charge in [0.05, 0.1) is 39.6 Å². The molecular formula is C36H62O31. The van der Waals surface area contributed by atoms with Gasteiger partial charge in [-0.05, 0) is 0 Å². The van der Waals surface area contributed by atoms with E-state index in [4.69, 9.17) is 52.1 Å². The van der Waals surface area contributed by atoms with Gasteiger partial charge in [0, 0.05) is 0 Å². The van der Waals surface area contributed by atoms with Gasteiger partial charge in [-0.25, -0.2) is 0 Å². The van der Waals surface area contributed by atoms with Crippen LogP contribution in [-0.2, 0) is 52.1 Å². The molecule has 6 rings (SSSR count). The summed E-state index contributed by atoms with van der Waals surface area (Å²) < 4.78 is 60.8. The Labute approximate surface area is 378 Å². The summed E-state index contributed by atoms with van der Waals surface area (Å²) in [6.45, 7) is -5.55. The largest absolute Gasteiger partial charge is 0.394 e. The minimum absolute atomic E-state index is 0.709. The first-order chi connectivity index (χ1) is 31.7. The number of hydrogen-bond acceptors (Lipinski definition) is 31. The summed E-state index contributed by atoms with van der Waals surface area (Å²) in [6, 6.07) is 0. The normalized spacial score (nSPS) is 53.4. The quantitative estimate of drug-likeness (QED) is 0.0683. The fraction of sp³-hybridized carbons (Fsp3) is 1.00. The minimum atomic E-state index is -2.24. The molecule has 0 radical (unpaired) electrons. The average molecular weight is 991 g/mol. The summed E-state index contributed by atoms with van der Waals surface area (Å²) in [7, 11) is 0. The summed E-state index contributed by atoms with van der Waals surface area (Å²) in [5.41, 5.74) is 0. The molecule has 6 saturated heterocycles.